The average Bonchev–Trinajstić information content (AvgIpc) is 2.66. The molecule has 132 valence electrons. The molecule has 0 aliphatic heterocycles. The van der Waals surface area contributed by atoms with Crippen molar-refractivity contribution in [3.8, 4) is 5.75 Å². The summed E-state index contributed by atoms with van der Waals surface area (Å²) in [7, 11) is 1.64. The summed E-state index contributed by atoms with van der Waals surface area (Å²) in [5.74, 6) is 0.427. The van der Waals surface area contributed by atoms with Crippen molar-refractivity contribution in [2.75, 3.05) is 12.4 Å². The van der Waals surface area contributed by atoms with Gasteiger partial charge in [-0.1, -0.05) is 24.3 Å². The second-order valence-corrected chi connectivity index (χ2v) is 6.32. The Morgan fingerprint density at radius 3 is 2.23 bits per heavy atom. The van der Waals surface area contributed by atoms with Crippen LogP contribution in [0.1, 0.15) is 35.7 Å². The van der Waals surface area contributed by atoms with Gasteiger partial charge in [0.15, 0.2) is 5.78 Å². The van der Waals surface area contributed by atoms with Gasteiger partial charge in [-0.05, 0) is 66.6 Å². The summed E-state index contributed by atoms with van der Waals surface area (Å²) in [4.78, 5) is 23.9. The molecule has 0 heterocycles. The Morgan fingerprint density at radius 2 is 1.58 bits per heavy atom. The van der Waals surface area contributed by atoms with Crippen LogP contribution in [0.5, 0.6) is 5.75 Å². The Balaban J connectivity index is 1.77. The van der Waals surface area contributed by atoms with Crippen LogP contribution in [0.25, 0.3) is 10.8 Å². The Kier molecular flexibility index (Phi) is 5.03. The van der Waals surface area contributed by atoms with Crippen LogP contribution in [0, 0.1) is 0 Å². The molecule has 1 N–H and O–H groups in total. The smallest absolute Gasteiger partial charge is 0.231 e. The number of Topliss-reactive ketones (excluding diaryl/α,β-unsaturated/α-hetero) is 1. The van der Waals surface area contributed by atoms with Crippen molar-refractivity contribution in [2.45, 2.75) is 19.8 Å². The lowest BCUT2D eigenvalue weighted by atomic mass is 9.97. The number of anilines is 1. The molecular weight excluding hydrogens is 326 g/mol. The van der Waals surface area contributed by atoms with Crippen LogP contribution in [-0.4, -0.2) is 18.8 Å². The first-order valence-electron chi connectivity index (χ1n) is 8.47. The van der Waals surface area contributed by atoms with Gasteiger partial charge in [-0.15, -0.1) is 0 Å². The number of carbonyl (C=O) groups is 2. The Labute approximate surface area is 152 Å². The van der Waals surface area contributed by atoms with E-state index in [1.165, 1.54) is 6.92 Å². The number of amides is 1. The second kappa shape index (κ2) is 7.40. The third-order valence-corrected chi connectivity index (χ3v) is 4.52. The quantitative estimate of drug-likeness (QED) is 0.675. The maximum atomic E-state index is 12.6. The molecule has 1 unspecified atom stereocenters. The maximum Gasteiger partial charge on any atom is 0.231 e. The number of rotatable bonds is 5. The SMILES string of the molecule is COc1ccc2cc(C(C)C(=O)Nc3ccc(C(C)=O)cc3)ccc2c1. The lowest BCUT2D eigenvalue weighted by Gasteiger charge is -2.14. The third kappa shape index (κ3) is 3.75. The van der Waals surface area contributed by atoms with Crippen LogP contribution in [0.4, 0.5) is 5.69 Å². The van der Waals surface area contributed by atoms with E-state index in [2.05, 4.69) is 5.32 Å². The number of nitrogens with one attached hydrogen (secondary N) is 1. The van der Waals surface area contributed by atoms with E-state index in [9.17, 15) is 9.59 Å². The van der Waals surface area contributed by atoms with Gasteiger partial charge in [0.25, 0.3) is 0 Å². The van der Waals surface area contributed by atoms with E-state index in [0.717, 1.165) is 22.1 Å². The van der Waals surface area contributed by atoms with Crippen LogP contribution in [0.15, 0.2) is 60.7 Å². The lowest BCUT2D eigenvalue weighted by molar-refractivity contribution is -0.117. The summed E-state index contributed by atoms with van der Waals surface area (Å²) in [5.41, 5.74) is 2.25. The number of ketones is 1. The molecule has 0 aliphatic carbocycles. The second-order valence-electron chi connectivity index (χ2n) is 6.32. The molecule has 0 aromatic heterocycles. The van der Waals surface area contributed by atoms with Gasteiger partial charge in [-0.3, -0.25) is 9.59 Å². The van der Waals surface area contributed by atoms with Crippen molar-refractivity contribution in [1.29, 1.82) is 0 Å². The molecule has 1 amide bonds. The van der Waals surface area contributed by atoms with Crippen LogP contribution in [0.2, 0.25) is 0 Å². The van der Waals surface area contributed by atoms with E-state index in [-0.39, 0.29) is 17.6 Å². The molecular formula is C22H21NO3. The minimum atomic E-state index is -0.297. The number of ether oxygens (including phenoxy) is 1. The third-order valence-electron chi connectivity index (χ3n) is 4.52. The Bertz CT molecular complexity index is 961. The van der Waals surface area contributed by atoms with E-state index in [1.807, 2.05) is 43.3 Å². The summed E-state index contributed by atoms with van der Waals surface area (Å²) in [5, 5.41) is 5.04. The number of hydrogen-bond donors (Lipinski definition) is 1. The number of carbonyl (C=O) groups excluding carboxylic acids is 2. The molecule has 0 radical (unpaired) electrons. The van der Waals surface area contributed by atoms with E-state index in [1.54, 1.807) is 31.4 Å². The summed E-state index contributed by atoms with van der Waals surface area (Å²) in [6.07, 6.45) is 0. The van der Waals surface area contributed by atoms with Gasteiger partial charge in [-0.25, -0.2) is 0 Å². The molecule has 3 aromatic carbocycles. The van der Waals surface area contributed by atoms with E-state index in [0.29, 0.717) is 11.3 Å². The highest BCUT2D eigenvalue weighted by molar-refractivity contribution is 5.98. The molecule has 0 fully saturated rings. The fraction of sp³-hybridized carbons (Fsp3) is 0.182. The van der Waals surface area contributed by atoms with Gasteiger partial charge in [0.1, 0.15) is 5.75 Å². The molecule has 0 spiro atoms. The van der Waals surface area contributed by atoms with Gasteiger partial charge in [-0.2, -0.15) is 0 Å². The highest BCUT2D eigenvalue weighted by Crippen LogP contribution is 2.26. The molecule has 4 heteroatoms. The monoisotopic (exact) mass is 347 g/mol. The molecule has 3 aromatic rings. The van der Waals surface area contributed by atoms with E-state index < -0.39 is 0 Å². The van der Waals surface area contributed by atoms with E-state index in [4.69, 9.17) is 4.74 Å². The van der Waals surface area contributed by atoms with Crippen LogP contribution >= 0.6 is 0 Å². The van der Waals surface area contributed by atoms with Gasteiger partial charge in [0, 0.05) is 11.3 Å². The molecule has 0 saturated carbocycles. The fourth-order valence-electron chi connectivity index (χ4n) is 2.83. The fourth-order valence-corrected chi connectivity index (χ4v) is 2.83. The van der Waals surface area contributed by atoms with Crippen molar-refractivity contribution in [1.82, 2.24) is 0 Å². The molecule has 0 saturated heterocycles. The van der Waals surface area contributed by atoms with Crippen molar-refractivity contribution in [3.63, 3.8) is 0 Å². The summed E-state index contributed by atoms with van der Waals surface area (Å²) in [6.45, 7) is 3.40. The molecule has 1 atom stereocenters. The first kappa shape index (κ1) is 17.7. The first-order chi connectivity index (χ1) is 12.5. The number of methoxy groups -OCH3 is 1. The predicted octanol–water partition coefficient (Wildman–Crippen LogP) is 4.79. The normalized spacial score (nSPS) is 11.8. The Hall–Kier alpha value is -3.14. The molecule has 3 rings (SSSR count). The largest absolute Gasteiger partial charge is 0.497 e. The summed E-state index contributed by atoms with van der Waals surface area (Å²) in [6, 6.07) is 18.8. The summed E-state index contributed by atoms with van der Waals surface area (Å²) < 4.78 is 5.24. The zero-order valence-corrected chi connectivity index (χ0v) is 15.1. The summed E-state index contributed by atoms with van der Waals surface area (Å²) >= 11 is 0. The average molecular weight is 347 g/mol. The van der Waals surface area contributed by atoms with Crippen molar-refractivity contribution < 1.29 is 14.3 Å². The van der Waals surface area contributed by atoms with Crippen molar-refractivity contribution >= 4 is 28.2 Å². The zero-order valence-electron chi connectivity index (χ0n) is 15.1. The Morgan fingerprint density at radius 1 is 0.923 bits per heavy atom. The minimum Gasteiger partial charge on any atom is -0.497 e. The highest BCUT2D eigenvalue weighted by Gasteiger charge is 2.16. The maximum absolute atomic E-state index is 12.6. The number of fused-ring (bicyclic) bond motifs is 1. The van der Waals surface area contributed by atoms with E-state index >= 15 is 0 Å². The number of hydrogen-bond acceptors (Lipinski definition) is 3. The number of benzene rings is 3. The molecule has 0 bridgehead atoms. The van der Waals surface area contributed by atoms with Gasteiger partial charge in [0.2, 0.25) is 5.91 Å². The zero-order chi connectivity index (χ0) is 18.7. The van der Waals surface area contributed by atoms with Gasteiger partial charge < -0.3 is 10.1 Å². The predicted molar refractivity (Wildman–Crippen MR) is 104 cm³/mol. The van der Waals surface area contributed by atoms with Crippen LogP contribution in [-0.2, 0) is 4.79 Å². The van der Waals surface area contributed by atoms with Crippen molar-refractivity contribution in [3.05, 3.63) is 71.8 Å². The van der Waals surface area contributed by atoms with Crippen LogP contribution in [0.3, 0.4) is 0 Å². The van der Waals surface area contributed by atoms with Gasteiger partial charge in [0.05, 0.1) is 13.0 Å². The molecule has 0 aliphatic rings. The standard InChI is InChI=1S/C22H21NO3/c1-14(22(25)23-20-9-6-16(7-10-20)15(2)24)17-4-5-19-13-21(26-3)11-8-18(19)12-17/h4-14H,1-3H3,(H,23,25). The highest BCUT2D eigenvalue weighted by atomic mass is 16.5. The molecule has 26 heavy (non-hydrogen) atoms. The minimum absolute atomic E-state index is 0.00374. The first-order valence-corrected chi connectivity index (χ1v) is 8.47. The lowest BCUT2D eigenvalue weighted by Crippen LogP contribution is -2.18. The van der Waals surface area contributed by atoms with Crippen molar-refractivity contribution in [2.24, 2.45) is 0 Å². The molecule has 4 nitrogen and oxygen atoms in total. The van der Waals surface area contributed by atoms with Gasteiger partial charge >= 0.3 is 0 Å². The van der Waals surface area contributed by atoms with Crippen LogP contribution < -0.4 is 10.1 Å². The topological polar surface area (TPSA) is 55.4 Å².